The van der Waals surface area contributed by atoms with E-state index in [9.17, 15) is 0 Å². The first-order valence-electron chi connectivity index (χ1n) is 9.22. The molecule has 8 heteroatoms. The summed E-state index contributed by atoms with van der Waals surface area (Å²) in [5.41, 5.74) is 1.12. The molecule has 1 saturated carbocycles. The smallest absolute Gasteiger partial charge is 0.213 e. The Morgan fingerprint density at radius 1 is 1.35 bits per heavy atom. The standard InChI is InChI=1S/C18H25N7O/c1-19-18(24-15-4-5-16-22-12-23-25(16)10-15)21-9-14-6-7-20-17(8-14)26-11-13-2-3-13/h6-8,12-13,15H,2-5,9-11H2,1H3,(H2,19,21,24). The van der Waals surface area contributed by atoms with Crippen molar-refractivity contribution in [3.63, 3.8) is 0 Å². The Morgan fingerprint density at radius 2 is 2.27 bits per heavy atom. The van der Waals surface area contributed by atoms with Crippen molar-refractivity contribution >= 4 is 5.96 Å². The summed E-state index contributed by atoms with van der Waals surface area (Å²) in [6.07, 6.45) is 7.93. The van der Waals surface area contributed by atoms with E-state index in [-0.39, 0.29) is 0 Å². The van der Waals surface area contributed by atoms with Crippen LogP contribution < -0.4 is 15.4 Å². The molecule has 0 amide bonds. The van der Waals surface area contributed by atoms with E-state index in [4.69, 9.17) is 4.74 Å². The molecule has 2 aromatic rings. The number of pyridine rings is 1. The maximum absolute atomic E-state index is 5.75. The lowest BCUT2D eigenvalue weighted by molar-refractivity contribution is 0.288. The molecule has 8 nitrogen and oxygen atoms in total. The lowest BCUT2D eigenvalue weighted by atomic mass is 10.1. The van der Waals surface area contributed by atoms with Crippen LogP contribution in [-0.2, 0) is 19.5 Å². The van der Waals surface area contributed by atoms with Gasteiger partial charge in [-0.3, -0.25) is 4.99 Å². The number of rotatable bonds is 6. The molecular weight excluding hydrogens is 330 g/mol. The molecule has 0 bridgehead atoms. The van der Waals surface area contributed by atoms with E-state index in [1.165, 1.54) is 12.8 Å². The zero-order valence-electron chi connectivity index (χ0n) is 15.1. The molecule has 0 radical (unpaired) electrons. The van der Waals surface area contributed by atoms with Gasteiger partial charge in [-0.25, -0.2) is 14.6 Å². The number of nitrogens with zero attached hydrogens (tertiary/aromatic N) is 5. The lowest BCUT2D eigenvalue weighted by Crippen LogP contribution is -2.46. The van der Waals surface area contributed by atoms with Crippen LogP contribution in [0.2, 0.25) is 0 Å². The number of aliphatic imine (C=N–C) groups is 1. The lowest BCUT2D eigenvalue weighted by Gasteiger charge is -2.25. The van der Waals surface area contributed by atoms with Gasteiger partial charge in [0.1, 0.15) is 12.2 Å². The Hall–Kier alpha value is -2.64. The van der Waals surface area contributed by atoms with Gasteiger partial charge in [0, 0.05) is 38.3 Å². The van der Waals surface area contributed by atoms with Gasteiger partial charge in [0.2, 0.25) is 5.88 Å². The molecule has 1 aliphatic heterocycles. The fourth-order valence-electron chi connectivity index (χ4n) is 3.06. The molecule has 3 heterocycles. The first kappa shape index (κ1) is 16.8. The SMILES string of the molecule is CN=C(NCc1ccnc(OCC2CC2)c1)NC1CCc2ncnn2C1. The molecule has 0 spiro atoms. The summed E-state index contributed by atoms with van der Waals surface area (Å²) in [6.45, 7) is 2.26. The second-order valence-corrected chi connectivity index (χ2v) is 6.92. The molecule has 1 aliphatic carbocycles. The zero-order chi connectivity index (χ0) is 17.8. The van der Waals surface area contributed by atoms with Crippen LogP contribution >= 0.6 is 0 Å². The number of ether oxygens (including phenoxy) is 1. The van der Waals surface area contributed by atoms with Gasteiger partial charge in [0.25, 0.3) is 0 Å². The van der Waals surface area contributed by atoms with E-state index in [2.05, 4.69) is 30.7 Å². The normalized spacial score (nSPS) is 19.7. The zero-order valence-corrected chi connectivity index (χ0v) is 15.1. The highest BCUT2D eigenvalue weighted by atomic mass is 16.5. The van der Waals surface area contributed by atoms with Crippen LogP contribution in [0.5, 0.6) is 5.88 Å². The first-order chi connectivity index (χ1) is 12.8. The fourth-order valence-corrected chi connectivity index (χ4v) is 3.06. The largest absolute Gasteiger partial charge is 0.477 e. The predicted molar refractivity (Wildman–Crippen MR) is 97.9 cm³/mol. The number of hydrogen-bond acceptors (Lipinski definition) is 5. The van der Waals surface area contributed by atoms with Gasteiger partial charge in [-0.2, -0.15) is 5.10 Å². The fraction of sp³-hybridized carbons (Fsp3) is 0.556. The number of nitrogens with one attached hydrogen (secondary N) is 2. The third kappa shape index (κ3) is 4.30. The molecule has 138 valence electrons. The number of aryl methyl sites for hydroxylation is 1. The topological polar surface area (TPSA) is 89.2 Å². The van der Waals surface area contributed by atoms with Gasteiger partial charge >= 0.3 is 0 Å². The quantitative estimate of drug-likeness (QED) is 0.597. The van der Waals surface area contributed by atoms with Gasteiger partial charge in [-0.1, -0.05) is 0 Å². The summed E-state index contributed by atoms with van der Waals surface area (Å²) in [5.74, 6) is 3.27. The number of guanidine groups is 1. The Bertz CT molecular complexity index is 768. The van der Waals surface area contributed by atoms with Crippen molar-refractivity contribution in [2.45, 2.75) is 44.8 Å². The minimum absolute atomic E-state index is 0.297. The highest BCUT2D eigenvalue weighted by molar-refractivity contribution is 5.79. The Kier molecular flexibility index (Phi) is 4.99. The third-order valence-electron chi connectivity index (χ3n) is 4.79. The van der Waals surface area contributed by atoms with E-state index in [0.717, 1.165) is 49.3 Å². The summed E-state index contributed by atoms with van der Waals surface area (Å²) in [4.78, 5) is 12.9. The van der Waals surface area contributed by atoms with E-state index >= 15 is 0 Å². The van der Waals surface area contributed by atoms with Crippen molar-refractivity contribution < 1.29 is 4.74 Å². The minimum atomic E-state index is 0.297. The first-order valence-corrected chi connectivity index (χ1v) is 9.22. The average Bonchev–Trinajstić information content (AvgIpc) is 3.39. The van der Waals surface area contributed by atoms with Gasteiger partial charge in [-0.15, -0.1) is 0 Å². The van der Waals surface area contributed by atoms with Crippen LogP contribution in [0.3, 0.4) is 0 Å². The van der Waals surface area contributed by atoms with Crippen LogP contribution in [0.1, 0.15) is 30.7 Å². The monoisotopic (exact) mass is 355 g/mol. The predicted octanol–water partition coefficient (Wildman–Crippen LogP) is 1.14. The van der Waals surface area contributed by atoms with Crippen LogP contribution in [0.25, 0.3) is 0 Å². The Balaban J connectivity index is 1.28. The van der Waals surface area contributed by atoms with E-state index in [1.807, 2.05) is 16.8 Å². The summed E-state index contributed by atoms with van der Waals surface area (Å²) in [6, 6.07) is 4.28. The van der Waals surface area contributed by atoms with Crippen LogP contribution in [0.15, 0.2) is 29.6 Å². The Labute approximate surface area is 153 Å². The van der Waals surface area contributed by atoms with Gasteiger partial charge in [-0.05, 0) is 36.8 Å². The van der Waals surface area contributed by atoms with Crippen molar-refractivity contribution in [3.8, 4) is 5.88 Å². The summed E-state index contributed by atoms with van der Waals surface area (Å²) in [7, 11) is 1.79. The van der Waals surface area contributed by atoms with E-state index in [0.29, 0.717) is 18.5 Å². The molecule has 26 heavy (non-hydrogen) atoms. The molecule has 1 unspecified atom stereocenters. The minimum Gasteiger partial charge on any atom is -0.477 e. The van der Waals surface area contributed by atoms with Crippen LogP contribution in [-0.4, -0.2) is 45.4 Å². The third-order valence-corrected chi connectivity index (χ3v) is 4.79. The maximum atomic E-state index is 5.75. The van der Waals surface area contributed by atoms with Gasteiger partial charge < -0.3 is 15.4 Å². The summed E-state index contributed by atoms with van der Waals surface area (Å²) in [5, 5.41) is 11.1. The van der Waals surface area contributed by atoms with Crippen LogP contribution in [0, 0.1) is 5.92 Å². The molecule has 2 aromatic heterocycles. The van der Waals surface area contributed by atoms with Crippen molar-refractivity contribution in [3.05, 3.63) is 36.0 Å². The van der Waals surface area contributed by atoms with E-state index in [1.54, 1.807) is 19.6 Å². The average molecular weight is 355 g/mol. The summed E-state index contributed by atoms with van der Waals surface area (Å²) >= 11 is 0. The maximum Gasteiger partial charge on any atom is 0.213 e. The van der Waals surface area contributed by atoms with E-state index < -0.39 is 0 Å². The van der Waals surface area contributed by atoms with Crippen molar-refractivity contribution in [1.82, 2.24) is 30.4 Å². The number of aromatic nitrogens is 4. The second kappa shape index (κ2) is 7.72. The van der Waals surface area contributed by atoms with Crippen LogP contribution in [0.4, 0.5) is 0 Å². The molecule has 4 rings (SSSR count). The van der Waals surface area contributed by atoms with Crippen molar-refractivity contribution in [1.29, 1.82) is 0 Å². The van der Waals surface area contributed by atoms with Gasteiger partial charge in [0.05, 0.1) is 13.2 Å². The molecule has 2 aliphatic rings. The van der Waals surface area contributed by atoms with Crippen molar-refractivity contribution in [2.75, 3.05) is 13.7 Å². The number of fused-ring (bicyclic) bond motifs is 1. The van der Waals surface area contributed by atoms with Crippen molar-refractivity contribution in [2.24, 2.45) is 10.9 Å². The highest BCUT2D eigenvalue weighted by Gasteiger charge is 2.22. The molecule has 2 N–H and O–H groups in total. The number of hydrogen-bond donors (Lipinski definition) is 2. The molecule has 1 fully saturated rings. The van der Waals surface area contributed by atoms with Gasteiger partial charge in [0.15, 0.2) is 5.96 Å². The highest BCUT2D eigenvalue weighted by Crippen LogP contribution is 2.29. The second-order valence-electron chi connectivity index (χ2n) is 6.92. The molecular formula is C18H25N7O. The molecule has 0 aromatic carbocycles. The molecule has 0 saturated heterocycles. The molecule has 1 atom stereocenters. The summed E-state index contributed by atoms with van der Waals surface area (Å²) < 4.78 is 7.71. The Morgan fingerprint density at radius 3 is 3.12 bits per heavy atom.